The molecule has 9 heteroatoms. The number of halogens is 1. The Kier molecular flexibility index (Phi) is 4.40. The molecule has 0 aromatic heterocycles. The van der Waals surface area contributed by atoms with Crippen molar-refractivity contribution in [2.24, 2.45) is 0 Å². The number of aliphatic hydroxyl groups is 1. The van der Waals surface area contributed by atoms with Gasteiger partial charge < -0.3 is 10.00 Å². The zero-order valence-electron chi connectivity index (χ0n) is 7.66. The van der Waals surface area contributed by atoms with Crippen LogP contribution in [0.1, 0.15) is 11.9 Å². The zero-order chi connectivity index (χ0) is 12.3. The van der Waals surface area contributed by atoms with Gasteiger partial charge in [-0.3, -0.25) is 19.2 Å². The van der Waals surface area contributed by atoms with Crippen LogP contribution in [0.3, 0.4) is 0 Å². The van der Waals surface area contributed by atoms with Gasteiger partial charge in [0.2, 0.25) is 0 Å². The fourth-order valence-corrected chi connectivity index (χ4v) is 1.50. The third-order valence-corrected chi connectivity index (χ3v) is 2.41. The predicted molar refractivity (Wildman–Crippen MR) is 55.4 cm³/mol. The lowest BCUT2D eigenvalue weighted by molar-refractivity contribution is -0.384. The smallest absolute Gasteiger partial charge is 0.319 e. The minimum atomic E-state index is -3.33. The standard InChI is InChI=1S/C7H7ClNO6P/c8-5-2-1-4(3-6(5)9(11)12)7(10)15-16(13)14/h1-3,7,10,16H,(H,13,14). The first kappa shape index (κ1) is 13.1. The van der Waals surface area contributed by atoms with Crippen LogP contribution < -0.4 is 0 Å². The second-order valence-electron chi connectivity index (χ2n) is 2.70. The van der Waals surface area contributed by atoms with E-state index in [-0.39, 0.29) is 10.6 Å². The average molecular weight is 268 g/mol. The molecule has 1 aromatic carbocycles. The second-order valence-corrected chi connectivity index (χ2v) is 3.88. The predicted octanol–water partition coefficient (Wildman–Crippen LogP) is 1.64. The minimum Gasteiger partial charge on any atom is -0.364 e. The van der Waals surface area contributed by atoms with E-state index in [9.17, 15) is 19.8 Å². The maximum atomic E-state index is 10.5. The molecule has 2 N–H and O–H groups in total. The molecule has 0 radical (unpaired) electrons. The highest BCUT2D eigenvalue weighted by Crippen LogP contribution is 2.31. The molecule has 88 valence electrons. The van der Waals surface area contributed by atoms with Crippen LogP contribution in [-0.4, -0.2) is 14.9 Å². The van der Waals surface area contributed by atoms with Gasteiger partial charge in [0.05, 0.1) is 4.92 Å². The van der Waals surface area contributed by atoms with Crippen molar-refractivity contribution in [3.05, 3.63) is 38.9 Å². The molecule has 0 fully saturated rings. The number of nitro benzene ring substituents is 1. The maximum Gasteiger partial charge on any atom is 0.319 e. The van der Waals surface area contributed by atoms with Crippen molar-refractivity contribution in [2.45, 2.75) is 6.29 Å². The molecular formula is C7H7ClNO6P. The molecule has 0 amide bonds. The van der Waals surface area contributed by atoms with Crippen molar-refractivity contribution in [1.29, 1.82) is 0 Å². The molecule has 0 saturated carbocycles. The van der Waals surface area contributed by atoms with Gasteiger partial charge in [-0.15, -0.1) is 0 Å². The Morgan fingerprint density at radius 1 is 1.56 bits per heavy atom. The summed E-state index contributed by atoms with van der Waals surface area (Å²) in [5.74, 6) is 0. The van der Waals surface area contributed by atoms with Crippen molar-refractivity contribution in [3.63, 3.8) is 0 Å². The molecule has 0 spiro atoms. The van der Waals surface area contributed by atoms with Crippen molar-refractivity contribution >= 4 is 25.5 Å². The van der Waals surface area contributed by atoms with Gasteiger partial charge in [-0.2, -0.15) is 0 Å². The number of nitrogens with zero attached hydrogens (tertiary/aromatic N) is 1. The maximum absolute atomic E-state index is 10.5. The van der Waals surface area contributed by atoms with Crippen molar-refractivity contribution in [2.75, 3.05) is 0 Å². The van der Waals surface area contributed by atoms with Crippen LogP contribution in [0.5, 0.6) is 0 Å². The van der Waals surface area contributed by atoms with Crippen molar-refractivity contribution < 1.29 is 24.0 Å². The summed E-state index contributed by atoms with van der Waals surface area (Å²) in [7, 11) is -3.33. The summed E-state index contributed by atoms with van der Waals surface area (Å²) in [6, 6.07) is 3.42. The Labute approximate surface area is 95.3 Å². The van der Waals surface area contributed by atoms with Crippen LogP contribution >= 0.6 is 19.9 Å². The monoisotopic (exact) mass is 267 g/mol. The highest BCUT2D eigenvalue weighted by Gasteiger charge is 2.17. The van der Waals surface area contributed by atoms with Gasteiger partial charge in [-0.1, -0.05) is 17.7 Å². The van der Waals surface area contributed by atoms with Crippen LogP contribution in [0.4, 0.5) is 5.69 Å². The SMILES string of the molecule is O=[N+]([O-])c1cc(C(O)O[PH](=O)O)ccc1Cl. The molecule has 0 aliphatic rings. The van der Waals surface area contributed by atoms with E-state index in [1.54, 1.807) is 0 Å². The molecule has 16 heavy (non-hydrogen) atoms. The number of hydrogen-bond donors (Lipinski definition) is 2. The topological polar surface area (TPSA) is 110 Å². The first-order chi connectivity index (χ1) is 7.41. The molecule has 1 aromatic rings. The first-order valence-corrected chi connectivity index (χ1v) is 5.57. The van der Waals surface area contributed by atoms with Gasteiger partial charge in [0.25, 0.3) is 5.69 Å². The Hall–Kier alpha value is -0.980. The quantitative estimate of drug-likeness (QED) is 0.371. The number of hydrogen-bond acceptors (Lipinski definition) is 5. The Morgan fingerprint density at radius 2 is 2.19 bits per heavy atom. The second kappa shape index (κ2) is 5.38. The zero-order valence-corrected chi connectivity index (χ0v) is 9.42. The Morgan fingerprint density at radius 3 is 2.69 bits per heavy atom. The number of rotatable bonds is 4. The van der Waals surface area contributed by atoms with E-state index in [2.05, 4.69) is 4.52 Å². The lowest BCUT2D eigenvalue weighted by Crippen LogP contribution is -1.99. The molecule has 7 nitrogen and oxygen atoms in total. The lowest BCUT2D eigenvalue weighted by atomic mass is 10.2. The van der Waals surface area contributed by atoms with Gasteiger partial charge >= 0.3 is 8.25 Å². The summed E-state index contributed by atoms with van der Waals surface area (Å²) in [5.41, 5.74) is -0.442. The first-order valence-electron chi connectivity index (χ1n) is 3.93. The minimum absolute atomic E-state index is 0.0245. The molecule has 0 aliphatic heterocycles. The summed E-state index contributed by atoms with van der Waals surface area (Å²) in [6.07, 6.45) is -1.70. The Balaban J connectivity index is 3.02. The fraction of sp³-hybridized carbons (Fsp3) is 0.143. The fourth-order valence-electron chi connectivity index (χ4n) is 0.987. The van der Waals surface area contributed by atoms with Gasteiger partial charge in [0, 0.05) is 11.6 Å². The van der Waals surface area contributed by atoms with Crippen LogP contribution in [0.2, 0.25) is 5.02 Å². The van der Waals surface area contributed by atoms with Gasteiger partial charge in [0.1, 0.15) is 5.02 Å². The van der Waals surface area contributed by atoms with Crippen LogP contribution in [-0.2, 0) is 9.09 Å². The van der Waals surface area contributed by atoms with E-state index >= 15 is 0 Å². The van der Waals surface area contributed by atoms with E-state index < -0.39 is 25.2 Å². The lowest BCUT2D eigenvalue weighted by Gasteiger charge is -2.09. The summed E-state index contributed by atoms with van der Waals surface area (Å²) in [4.78, 5) is 18.2. The van der Waals surface area contributed by atoms with E-state index in [1.807, 2.05) is 0 Å². The van der Waals surface area contributed by atoms with E-state index in [1.165, 1.54) is 12.1 Å². The molecule has 2 unspecified atom stereocenters. The highest BCUT2D eigenvalue weighted by molar-refractivity contribution is 7.32. The van der Waals surface area contributed by atoms with Crippen LogP contribution in [0.15, 0.2) is 18.2 Å². The number of aliphatic hydroxyl groups excluding tert-OH is 1. The van der Waals surface area contributed by atoms with E-state index in [4.69, 9.17) is 16.5 Å². The third-order valence-electron chi connectivity index (χ3n) is 1.66. The molecule has 1 rings (SSSR count). The van der Waals surface area contributed by atoms with Crippen LogP contribution in [0.25, 0.3) is 0 Å². The van der Waals surface area contributed by atoms with Crippen LogP contribution in [0, 0.1) is 10.1 Å². The summed E-state index contributed by atoms with van der Waals surface area (Å²) in [5, 5.41) is 19.7. The largest absolute Gasteiger partial charge is 0.364 e. The van der Waals surface area contributed by atoms with Gasteiger partial charge in [-0.05, 0) is 6.07 Å². The van der Waals surface area contributed by atoms with Crippen molar-refractivity contribution in [3.8, 4) is 0 Å². The van der Waals surface area contributed by atoms with E-state index in [0.717, 1.165) is 6.07 Å². The molecular weight excluding hydrogens is 261 g/mol. The van der Waals surface area contributed by atoms with Gasteiger partial charge in [-0.25, -0.2) is 0 Å². The van der Waals surface area contributed by atoms with Gasteiger partial charge in [0.15, 0.2) is 6.29 Å². The van der Waals surface area contributed by atoms with Crippen molar-refractivity contribution in [1.82, 2.24) is 0 Å². The normalized spacial score (nSPS) is 14.4. The van der Waals surface area contributed by atoms with E-state index in [0.29, 0.717) is 0 Å². The number of nitro groups is 1. The number of benzene rings is 1. The molecule has 0 bridgehead atoms. The highest BCUT2D eigenvalue weighted by atomic mass is 35.5. The average Bonchev–Trinajstić information content (AvgIpc) is 2.16. The summed E-state index contributed by atoms with van der Waals surface area (Å²) < 4.78 is 14.5. The Bertz CT molecular complexity index is 439. The summed E-state index contributed by atoms with van der Waals surface area (Å²) in [6.45, 7) is 0. The molecule has 0 aliphatic carbocycles. The third kappa shape index (κ3) is 3.26. The summed E-state index contributed by atoms with van der Waals surface area (Å²) >= 11 is 5.53. The molecule has 0 heterocycles. The molecule has 0 saturated heterocycles. The molecule has 2 atom stereocenters.